The second kappa shape index (κ2) is 6.59. The summed E-state index contributed by atoms with van der Waals surface area (Å²) < 4.78 is 6.26. The summed E-state index contributed by atoms with van der Waals surface area (Å²) in [5, 5.41) is 0.638. The fourth-order valence-electron chi connectivity index (χ4n) is 2.17. The lowest BCUT2D eigenvalue weighted by Crippen LogP contribution is -2.29. The first-order valence-corrected chi connectivity index (χ1v) is 7.30. The van der Waals surface area contributed by atoms with E-state index in [9.17, 15) is 0 Å². The number of nitrogens with one attached hydrogen (secondary N) is 1. The molecular weight excluding hydrogens is 340 g/mol. The van der Waals surface area contributed by atoms with Crippen molar-refractivity contribution in [3.63, 3.8) is 0 Å². The number of nitrogens with two attached hydrogens (primary N) is 1. The minimum Gasteiger partial charge on any atom is -0.496 e. The molecule has 1 atom stereocenters. The molecule has 0 heterocycles. The lowest BCUT2D eigenvalue weighted by atomic mass is 9.97. The zero-order chi connectivity index (χ0) is 14.7. The van der Waals surface area contributed by atoms with Crippen LogP contribution in [0.4, 0.5) is 0 Å². The van der Waals surface area contributed by atoms with E-state index in [1.807, 2.05) is 43.3 Å². The Morgan fingerprint density at radius 1 is 1.25 bits per heavy atom. The van der Waals surface area contributed by atoms with Crippen molar-refractivity contribution in [3.05, 3.63) is 62.6 Å². The van der Waals surface area contributed by atoms with Crippen LogP contribution in [0.25, 0.3) is 0 Å². The number of rotatable bonds is 4. The zero-order valence-electron chi connectivity index (χ0n) is 11.3. The number of aryl methyl sites for hydroxylation is 1. The molecule has 2 aromatic rings. The smallest absolute Gasteiger partial charge is 0.124 e. The van der Waals surface area contributed by atoms with E-state index in [0.717, 1.165) is 26.9 Å². The van der Waals surface area contributed by atoms with Crippen LogP contribution >= 0.6 is 27.5 Å². The molecular formula is C15H16BrClN2O. The molecule has 0 fully saturated rings. The van der Waals surface area contributed by atoms with Crippen molar-refractivity contribution in [3.8, 4) is 5.75 Å². The van der Waals surface area contributed by atoms with E-state index < -0.39 is 0 Å². The molecule has 3 N–H and O–H groups in total. The van der Waals surface area contributed by atoms with Crippen molar-refractivity contribution in [2.24, 2.45) is 5.84 Å². The van der Waals surface area contributed by atoms with Crippen molar-refractivity contribution in [1.82, 2.24) is 5.43 Å². The van der Waals surface area contributed by atoms with Gasteiger partial charge in [-0.1, -0.05) is 41.4 Å². The SMILES string of the molecule is COc1ccc(C)cc1C(NN)c1cccc(Br)c1Cl. The average molecular weight is 356 g/mol. The highest BCUT2D eigenvalue weighted by Crippen LogP contribution is 2.36. The number of methoxy groups -OCH3 is 1. The van der Waals surface area contributed by atoms with Gasteiger partial charge in [0.2, 0.25) is 0 Å². The topological polar surface area (TPSA) is 47.3 Å². The summed E-state index contributed by atoms with van der Waals surface area (Å²) in [7, 11) is 1.64. The van der Waals surface area contributed by atoms with E-state index >= 15 is 0 Å². The van der Waals surface area contributed by atoms with Gasteiger partial charge in [-0.2, -0.15) is 0 Å². The third kappa shape index (κ3) is 2.99. The summed E-state index contributed by atoms with van der Waals surface area (Å²) in [5.74, 6) is 6.52. The van der Waals surface area contributed by atoms with Crippen molar-refractivity contribution in [2.75, 3.05) is 7.11 Å². The van der Waals surface area contributed by atoms with Crippen molar-refractivity contribution in [1.29, 1.82) is 0 Å². The van der Waals surface area contributed by atoms with Crippen LogP contribution < -0.4 is 16.0 Å². The third-order valence-corrected chi connectivity index (χ3v) is 4.47. The summed E-state index contributed by atoms with van der Waals surface area (Å²) in [6.45, 7) is 2.03. The first-order valence-electron chi connectivity index (χ1n) is 6.13. The van der Waals surface area contributed by atoms with Gasteiger partial charge in [0.1, 0.15) is 5.75 Å². The Hall–Kier alpha value is -1.07. The Bertz CT molecular complexity index is 619. The number of benzene rings is 2. The van der Waals surface area contributed by atoms with Crippen LogP contribution in [0.5, 0.6) is 5.75 Å². The van der Waals surface area contributed by atoms with Crippen LogP contribution in [0, 0.1) is 6.92 Å². The van der Waals surface area contributed by atoms with Gasteiger partial charge in [0, 0.05) is 10.0 Å². The second-order valence-corrected chi connectivity index (χ2v) is 5.72. The summed E-state index contributed by atoms with van der Waals surface area (Å²) in [5.41, 5.74) is 5.80. The van der Waals surface area contributed by atoms with Crippen LogP contribution in [-0.4, -0.2) is 7.11 Å². The summed E-state index contributed by atoms with van der Waals surface area (Å²) in [6, 6.07) is 11.5. The number of hydrogen-bond donors (Lipinski definition) is 2. The molecule has 0 aliphatic heterocycles. The molecule has 2 rings (SSSR count). The van der Waals surface area contributed by atoms with Crippen LogP contribution in [-0.2, 0) is 0 Å². The molecule has 5 heteroatoms. The first kappa shape index (κ1) is 15.3. The second-order valence-electron chi connectivity index (χ2n) is 4.49. The van der Waals surface area contributed by atoms with Gasteiger partial charge in [-0.05, 0) is 40.5 Å². The molecule has 0 aromatic heterocycles. The van der Waals surface area contributed by atoms with Crippen molar-refractivity contribution >= 4 is 27.5 Å². The summed E-state index contributed by atoms with van der Waals surface area (Å²) in [4.78, 5) is 0. The summed E-state index contributed by atoms with van der Waals surface area (Å²) >= 11 is 9.80. The van der Waals surface area contributed by atoms with E-state index in [-0.39, 0.29) is 6.04 Å². The maximum Gasteiger partial charge on any atom is 0.124 e. The van der Waals surface area contributed by atoms with Crippen molar-refractivity contribution in [2.45, 2.75) is 13.0 Å². The molecule has 106 valence electrons. The van der Waals surface area contributed by atoms with Crippen LogP contribution in [0.2, 0.25) is 5.02 Å². The predicted molar refractivity (Wildman–Crippen MR) is 86.0 cm³/mol. The Morgan fingerprint density at radius 3 is 2.65 bits per heavy atom. The van der Waals surface area contributed by atoms with Gasteiger partial charge >= 0.3 is 0 Å². The number of hydrogen-bond acceptors (Lipinski definition) is 3. The maximum absolute atomic E-state index is 6.37. The van der Waals surface area contributed by atoms with Gasteiger partial charge < -0.3 is 4.74 Å². The lowest BCUT2D eigenvalue weighted by molar-refractivity contribution is 0.404. The van der Waals surface area contributed by atoms with Gasteiger partial charge in [-0.15, -0.1) is 0 Å². The molecule has 0 bridgehead atoms. The number of ether oxygens (including phenoxy) is 1. The molecule has 0 amide bonds. The largest absolute Gasteiger partial charge is 0.496 e. The third-order valence-electron chi connectivity index (χ3n) is 3.16. The maximum atomic E-state index is 6.37. The Balaban J connectivity index is 2.58. The van der Waals surface area contributed by atoms with Gasteiger partial charge in [0.05, 0.1) is 18.2 Å². The fraction of sp³-hybridized carbons (Fsp3) is 0.200. The zero-order valence-corrected chi connectivity index (χ0v) is 13.6. The Morgan fingerprint density at radius 2 is 2.00 bits per heavy atom. The molecule has 0 radical (unpaired) electrons. The molecule has 3 nitrogen and oxygen atoms in total. The van der Waals surface area contributed by atoms with E-state index in [2.05, 4.69) is 21.4 Å². The van der Waals surface area contributed by atoms with Gasteiger partial charge in [-0.25, -0.2) is 5.43 Å². The van der Waals surface area contributed by atoms with Gasteiger partial charge in [-0.3, -0.25) is 5.84 Å². The lowest BCUT2D eigenvalue weighted by Gasteiger charge is -2.21. The van der Waals surface area contributed by atoms with Crippen LogP contribution in [0.3, 0.4) is 0 Å². The molecule has 20 heavy (non-hydrogen) atoms. The van der Waals surface area contributed by atoms with E-state index in [1.165, 1.54) is 0 Å². The van der Waals surface area contributed by atoms with E-state index in [1.54, 1.807) is 7.11 Å². The minimum absolute atomic E-state index is 0.241. The minimum atomic E-state index is -0.241. The molecule has 0 aliphatic rings. The molecule has 0 spiro atoms. The van der Waals surface area contributed by atoms with E-state index in [4.69, 9.17) is 22.2 Å². The van der Waals surface area contributed by atoms with Gasteiger partial charge in [0.15, 0.2) is 0 Å². The highest BCUT2D eigenvalue weighted by molar-refractivity contribution is 9.10. The number of halogens is 2. The standard InChI is InChI=1S/C15H16BrClN2O/c1-9-6-7-13(20-2)11(8-9)15(19-18)10-4-3-5-12(16)14(10)17/h3-8,15,19H,18H2,1-2H3. The normalized spacial score (nSPS) is 12.2. The van der Waals surface area contributed by atoms with Crippen molar-refractivity contribution < 1.29 is 4.74 Å². The fourth-order valence-corrected chi connectivity index (χ4v) is 2.79. The highest BCUT2D eigenvalue weighted by atomic mass is 79.9. The molecule has 0 saturated heterocycles. The predicted octanol–water partition coefficient (Wildman–Crippen LogP) is 3.97. The molecule has 0 saturated carbocycles. The van der Waals surface area contributed by atoms with Crippen LogP contribution in [0.1, 0.15) is 22.7 Å². The van der Waals surface area contributed by atoms with E-state index in [0.29, 0.717) is 5.02 Å². The van der Waals surface area contributed by atoms with Gasteiger partial charge in [0.25, 0.3) is 0 Å². The monoisotopic (exact) mass is 354 g/mol. The molecule has 0 aliphatic carbocycles. The highest BCUT2D eigenvalue weighted by Gasteiger charge is 2.20. The Labute approximate surface area is 132 Å². The quantitative estimate of drug-likeness (QED) is 0.644. The molecule has 1 unspecified atom stereocenters. The molecule has 2 aromatic carbocycles. The first-order chi connectivity index (χ1) is 9.58. The van der Waals surface area contributed by atoms with Crippen LogP contribution in [0.15, 0.2) is 40.9 Å². The average Bonchev–Trinajstić information content (AvgIpc) is 2.44. The number of hydrazine groups is 1. The summed E-state index contributed by atoms with van der Waals surface area (Å²) in [6.07, 6.45) is 0. The Kier molecular flexibility index (Phi) is 5.05.